The van der Waals surface area contributed by atoms with Gasteiger partial charge >= 0.3 is 5.97 Å². The van der Waals surface area contributed by atoms with Gasteiger partial charge in [-0.2, -0.15) is 0 Å². The summed E-state index contributed by atoms with van der Waals surface area (Å²) >= 11 is 0. The van der Waals surface area contributed by atoms with E-state index in [1.165, 1.54) is 0 Å². The third kappa shape index (κ3) is 4.57. The van der Waals surface area contributed by atoms with Crippen LogP contribution in [0.4, 0.5) is 5.69 Å². The van der Waals surface area contributed by atoms with Crippen molar-refractivity contribution >= 4 is 23.5 Å². The molecular weight excluding hydrogens is 308 g/mol. The molecule has 6 heteroatoms. The van der Waals surface area contributed by atoms with E-state index in [0.29, 0.717) is 30.9 Å². The van der Waals surface area contributed by atoms with Gasteiger partial charge < -0.3 is 15.0 Å². The monoisotopic (exact) mass is 332 g/mol. The van der Waals surface area contributed by atoms with Gasteiger partial charge in [0.2, 0.25) is 11.8 Å². The maximum atomic E-state index is 12.3. The van der Waals surface area contributed by atoms with Crippen LogP contribution in [0.2, 0.25) is 0 Å². The van der Waals surface area contributed by atoms with Crippen LogP contribution in [0.15, 0.2) is 24.3 Å². The Balaban J connectivity index is 1.90. The highest BCUT2D eigenvalue weighted by Crippen LogP contribution is 2.20. The lowest BCUT2D eigenvalue weighted by atomic mass is 10.1. The number of unbranched alkanes of at least 4 members (excludes halogenated alkanes) is 1. The number of esters is 1. The standard InChI is InChI=1S/C18H24N2O4/c1-3-5-10-20-12-14(11-16(20)21)17(22)19-15-8-6-13(7-9-15)18(23)24-4-2/h6-9,14H,3-5,10-12H2,1-2H3,(H,19,22). The molecule has 1 fully saturated rings. The molecule has 0 saturated carbocycles. The molecule has 1 atom stereocenters. The summed E-state index contributed by atoms with van der Waals surface area (Å²) in [5.74, 6) is -0.824. The summed E-state index contributed by atoms with van der Waals surface area (Å²) in [5, 5.41) is 2.81. The number of hydrogen-bond acceptors (Lipinski definition) is 4. The number of hydrogen-bond donors (Lipinski definition) is 1. The molecular formula is C18H24N2O4. The van der Waals surface area contributed by atoms with Gasteiger partial charge in [0.05, 0.1) is 18.1 Å². The summed E-state index contributed by atoms with van der Waals surface area (Å²) < 4.78 is 4.92. The third-order valence-corrected chi connectivity index (χ3v) is 4.03. The smallest absolute Gasteiger partial charge is 0.338 e. The van der Waals surface area contributed by atoms with Crippen molar-refractivity contribution in [1.82, 2.24) is 4.90 Å². The van der Waals surface area contributed by atoms with Gasteiger partial charge in [-0.1, -0.05) is 13.3 Å². The Morgan fingerprint density at radius 1 is 1.25 bits per heavy atom. The summed E-state index contributed by atoms with van der Waals surface area (Å²) in [7, 11) is 0. The first-order chi connectivity index (χ1) is 11.5. The largest absolute Gasteiger partial charge is 0.462 e. The number of nitrogens with one attached hydrogen (secondary N) is 1. The molecule has 1 aromatic carbocycles. The van der Waals surface area contributed by atoms with Gasteiger partial charge in [-0.15, -0.1) is 0 Å². The van der Waals surface area contributed by atoms with Crippen molar-refractivity contribution in [2.24, 2.45) is 5.92 Å². The Hall–Kier alpha value is -2.37. The average molecular weight is 332 g/mol. The molecule has 130 valence electrons. The summed E-state index contributed by atoms with van der Waals surface area (Å²) in [6, 6.07) is 6.55. The van der Waals surface area contributed by atoms with E-state index in [-0.39, 0.29) is 30.1 Å². The van der Waals surface area contributed by atoms with E-state index >= 15 is 0 Å². The topological polar surface area (TPSA) is 75.7 Å². The van der Waals surface area contributed by atoms with Gasteiger partial charge in [0.15, 0.2) is 0 Å². The minimum atomic E-state index is -0.386. The normalized spacial score (nSPS) is 17.0. The highest BCUT2D eigenvalue weighted by molar-refractivity contribution is 5.97. The van der Waals surface area contributed by atoms with Crippen molar-refractivity contribution < 1.29 is 19.1 Å². The zero-order valence-corrected chi connectivity index (χ0v) is 14.2. The molecule has 0 bridgehead atoms. The van der Waals surface area contributed by atoms with Gasteiger partial charge in [-0.25, -0.2) is 4.79 Å². The number of carbonyl (C=O) groups is 3. The molecule has 1 aliphatic rings. The number of likely N-dealkylation sites (tertiary alicyclic amines) is 1. The molecule has 1 aliphatic heterocycles. The SMILES string of the molecule is CCCCN1CC(C(=O)Nc2ccc(C(=O)OCC)cc2)CC1=O. The zero-order valence-electron chi connectivity index (χ0n) is 14.2. The van der Waals surface area contributed by atoms with Crippen LogP contribution in [0.3, 0.4) is 0 Å². The molecule has 1 unspecified atom stereocenters. The fourth-order valence-corrected chi connectivity index (χ4v) is 2.66. The van der Waals surface area contributed by atoms with Crippen molar-refractivity contribution in [2.75, 3.05) is 25.0 Å². The lowest BCUT2D eigenvalue weighted by molar-refractivity contribution is -0.128. The Morgan fingerprint density at radius 2 is 1.96 bits per heavy atom. The Kier molecular flexibility index (Phi) is 6.35. The second kappa shape index (κ2) is 8.47. The third-order valence-electron chi connectivity index (χ3n) is 4.03. The molecule has 0 aliphatic carbocycles. The number of nitrogens with zero attached hydrogens (tertiary/aromatic N) is 1. The van der Waals surface area contributed by atoms with Crippen molar-refractivity contribution in [1.29, 1.82) is 0 Å². The summed E-state index contributed by atoms with van der Waals surface area (Å²) in [5.41, 5.74) is 1.05. The van der Waals surface area contributed by atoms with Gasteiger partial charge in [-0.3, -0.25) is 9.59 Å². The van der Waals surface area contributed by atoms with Crippen molar-refractivity contribution in [3.8, 4) is 0 Å². The van der Waals surface area contributed by atoms with Crippen molar-refractivity contribution in [2.45, 2.75) is 33.1 Å². The molecule has 1 saturated heterocycles. The molecule has 0 spiro atoms. The second-order valence-electron chi connectivity index (χ2n) is 5.88. The van der Waals surface area contributed by atoms with Crippen molar-refractivity contribution in [3.63, 3.8) is 0 Å². The highest BCUT2D eigenvalue weighted by atomic mass is 16.5. The number of carbonyl (C=O) groups excluding carboxylic acids is 3. The van der Waals surface area contributed by atoms with Crippen LogP contribution < -0.4 is 5.32 Å². The summed E-state index contributed by atoms with van der Waals surface area (Å²) in [6.45, 7) is 5.34. The van der Waals surface area contributed by atoms with Crippen LogP contribution in [0.1, 0.15) is 43.5 Å². The van der Waals surface area contributed by atoms with E-state index in [1.807, 2.05) is 0 Å². The molecule has 2 amide bonds. The quantitative estimate of drug-likeness (QED) is 0.778. The number of ether oxygens (including phenoxy) is 1. The van der Waals surface area contributed by atoms with Crippen LogP contribution in [0.25, 0.3) is 0 Å². The van der Waals surface area contributed by atoms with Crippen LogP contribution in [-0.4, -0.2) is 42.4 Å². The van der Waals surface area contributed by atoms with E-state index in [2.05, 4.69) is 12.2 Å². The first-order valence-electron chi connectivity index (χ1n) is 8.41. The van der Waals surface area contributed by atoms with E-state index < -0.39 is 0 Å². The number of anilines is 1. The van der Waals surface area contributed by atoms with Gasteiger partial charge in [-0.05, 0) is 37.6 Å². The fraction of sp³-hybridized carbons (Fsp3) is 0.500. The number of rotatable bonds is 7. The fourth-order valence-electron chi connectivity index (χ4n) is 2.66. The second-order valence-corrected chi connectivity index (χ2v) is 5.88. The predicted octanol–water partition coefficient (Wildman–Crippen LogP) is 2.45. The highest BCUT2D eigenvalue weighted by Gasteiger charge is 2.33. The van der Waals surface area contributed by atoms with Gasteiger partial charge in [0, 0.05) is 25.2 Å². The maximum Gasteiger partial charge on any atom is 0.338 e. The van der Waals surface area contributed by atoms with Crippen LogP contribution >= 0.6 is 0 Å². The molecule has 2 rings (SSSR count). The van der Waals surface area contributed by atoms with Crippen LogP contribution in [0, 0.1) is 5.92 Å². The molecule has 1 aromatic rings. The zero-order chi connectivity index (χ0) is 17.5. The molecule has 24 heavy (non-hydrogen) atoms. The van der Waals surface area contributed by atoms with Gasteiger partial charge in [0.25, 0.3) is 0 Å². The van der Waals surface area contributed by atoms with E-state index in [0.717, 1.165) is 12.8 Å². The molecule has 6 nitrogen and oxygen atoms in total. The van der Waals surface area contributed by atoms with Crippen LogP contribution in [0.5, 0.6) is 0 Å². The maximum absolute atomic E-state index is 12.3. The minimum absolute atomic E-state index is 0.0428. The summed E-state index contributed by atoms with van der Waals surface area (Å²) in [4.78, 5) is 37.6. The molecule has 0 radical (unpaired) electrons. The van der Waals surface area contributed by atoms with E-state index in [1.54, 1.807) is 36.1 Å². The predicted molar refractivity (Wildman–Crippen MR) is 90.6 cm³/mol. The van der Waals surface area contributed by atoms with Gasteiger partial charge in [0.1, 0.15) is 0 Å². The first kappa shape index (κ1) is 18.0. The number of amides is 2. The van der Waals surface area contributed by atoms with Crippen molar-refractivity contribution in [3.05, 3.63) is 29.8 Å². The number of benzene rings is 1. The van der Waals surface area contributed by atoms with E-state index in [9.17, 15) is 14.4 Å². The molecule has 1 N–H and O–H groups in total. The minimum Gasteiger partial charge on any atom is -0.462 e. The van der Waals surface area contributed by atoms with E-state index in [4.69, 9.17) is 4.74 Å². The Bertz CT molecular complexity index is 598. The molecule has 0 aromatic heterocycles. The summed E-state index contributed by atoms with van der Waals surface area (Å²) in [6.07, 6.45) is 2.24. The van der Waals surface area contributed by atoms with Crippen LogP contribution in [-0.2, 0) is 14.3 Å². The Morgan fingerprint density at radius 3 is 2.58 bits per heavy atom. The Labute approximate surface area is 142 Å². The first-order valence-corrected chi connectivity index (χ1v) is 8.41. The lowest BCUT2D eigenvalue weighted by Gasteiger charge is -2.16. The average Bonchev–Trinajstić information content (AvgIpc) is 2.95. The molecule has 1 heterocycles. The lowest BCUT2D eigenvalue weighted by Crippen LogP contribution is -2.29.